The Kier molecular flexibility index (Phi) is 5.23. The van der Waals surface area contributed by atoms with E-state index in [9.17, 15) is 0 Å². The van der Waals surface area contributed by atoms with Crippen molar-refractivity contribution in [2.75, 3.05) is 27.2 Å². The molecule has 0 heterocycles. The van der Waals surface area contributed by atoms with Crippen LogP contribution in [0.25, 0.3) is 0 Å². The van der Waals surface area contributed by atoms with Crippen molar-refractivity contribution in [2.24, 2.45) is 5.73 Å². The van der Waals surface area contributed by atoms with E-state index in [1.807, 2.05) is 0 Å². The molecule has 1 aromatic rings. The number of benzene rings is 1. The summed E-state index contributed by atoms with van der Waals surface area (Å²) in [6.45, 7) is 1.96. The number of hydrogen-bond acceptors (Lipinski definition) is 3. The quantitative estimate of drug-likeness (QED) is 0.799. The highest BCUT2D eigenvalue weighted by atomic mass is 16.5. The van der Waals surface area contributed by atoms with Gasteiger partial charge >= 0.3 is 0 Å². The van der Waals surface area contributed by atoms with Gasteiger partial charge in [-0.05, 0) is 75.5 Å². The van der Waals surface area contributed by atoms with Gasteiger partial charge in [-0.25, -0.2) is 0 Å². The van der Waals surface area contributed by atoms with Gasteiger partial charge in [0.15, 0.2) is 0 Å². The normalized spacial score (nSPS) is 18.4. The molecule has 1 atom stereocenters. The second-order valence-electron chi connectivity index (χ2n) is 5.51. The molecule has 0 aromatic heterocycles. The first-order valence-corrected chi connectivity index (χ1v) is 7.30. The van der Waals surface area contributed by atoms with Crippen molar-refractivity contribution in [3.8, 4) is 5.75 Å². The Morgan fingerprint density at radius 1 is 1.32 bits per heavy atom. The van der Waals surface area contributed by atoms with Crippen LogP contribution < -0.4 is 10.5 Å². The van der Waals surface area contributed by atoms with Crippen molar-refractivity contribution >= 4 is 0 Å². The van der Waals surface area contributed by atoms with E-state index in [1.165, 1.54) is 30.4 Å². The predicted molar refractivity (Wildman–Crippen MR) is 79.7 cm³/mol. The maximum absolute atomic E-state index is 5.56. The first-order chi connectivity index (χ1) is 9.24. The zero-order valence-electron chi connectivity index (χ0n) is 12.2. The molecule has 0 spiro atoms. The van der Waals surface area contributed by atoms with Crippen molar-refractivity contribution in [3.63, 3.8) is 0 Å². The number of hydrogen-bond donors (Lipinski definition) is 1. The third kappa shape index (κ3) is 3.71. The fraction of sp³-hybridized carbons (Fsp3) is 0.625. The topological polar surface area (TPSA) is 38.5 Å². The van der Waals surface area contributed by atoms with Gasteiger partial charge in [0.25, 0.3) is 0 Å². The van der Waals surface area contributed by atoms with Gasteiger partial charge in [-0.2, -0.15) is 0 Å². The number of nitrogens with two attached hydrogens (primary N) is 1. The molecule has 0 aliphatic heterocycles. The molecule has 1 unspecified atom stereocenters. The summed E-state index contributed by atoms with van der Waals surface area (Å²) in [5.74, 6) is 0.977. The van der Waals surface area contributed by atoms with Gasteiger partial charge in [-0.3, -0.25) is 0 Å². The number of fused-ring (bicyclic) bond motifs is 1. The van der Waals surface area contributed by atoms with Crippen molar-refractivity contribution < 1.29 is 4.74 Å². The second kappa shape index (κ2) is 6.92. The third-order valence-electron chi connectivity index (χ3n) is 4.20. The Bertz CT molecular complexity index is 406. The zero-order chi connectivity index (χ0) is 13.7. The average molecular weight is 262 g/mol. The molecule has 2 N–H and O–H groups in total. The number of rotatable bonds is 6. The molecule has 19 heavy (non-hydrogen) atoms. The molecule has 0 saturated carbocycles. The van der Waals surface area contributed by atoms with Crippen LogP contribution in [0.15, 0.2) is 18.2 Å². The van der Waals surface area contributed by atoms with Crippen molar-refractivity contribution in [1.82, 2.24) is 4.90 Å². The number of aryl methyl sites for hydroxylation is 1. The van der Waals surface area contributed by atoms with E-state index >= 15 is 0 Å². The standard InChI is InChI=1S/C16H26N2O/c1-18(10-4-3-9-17)15-7-5-13-6-8-16(19-2)12-14(13)11-15/h6,8,12,15H,3-5,7,9-11,17H2,1-2H3. The maximum Gasteiger partial charge on any atom is 0.119 e. The average Bonchev–Trinajstić information content (AvgIpc) is 2.46. The largest absolute Gasteiger partial charge is 0.497 e. The molecular formula is C16H26N2O. The first-order valence-electron chi connectivity index (χ1n) is 7.30. The van der Waals surface area contributed by atoms with Crippen LogP contribution in [0.3, 0.4) is 0 Å². The Morgan fingerprint density at radius 3 is 2.89 bits per heavy atom. The van der Waals surface area contributed by atoms with Gasteiger partial charge in [-0.15, -0.1) is 0 Å². The highest BCUT2D eigenvalue weighted by molar-refractivity contribution is 5.37. The Morgan fingerprint density at radius 2 is 2.16 bits per heavy atom. The highest BCUT2D eigenvalue weighted by Gasteiger charge is 2.22. The SMILES string of the molecule is COc1ccc2c(c1)CC(N(C)CCCCN)CC2. The lowest BCUT2D eigenvalue weighted by molar-refractivity contribution is 0.218. The summed E-state index contributed by atoms with van der Waals surface area (Å²) in [4.78, 5) is 2.50. The summed E-state index contributed by atoms with van der Waals surface area (Å²) in [7, 11) is 3.98. The van der Waals surface area contributed by atoms with Gasteiger partial charge in [-0.1, -0.05) is 6.07 Å². The van der Waals surface area contributed by atoms with Crippen LogP contribution in [0, 0.1) is 0 Å². The molecule has 0 bridgehead atoms. The Balaban J connectivity index is 1.96. The van der Waals surface area contributed by atoms with Gasteiger partial charge in [0.2, 0.25) is 0 Å². The third-order valence-corrected chi connectivity index (χ3v) is 4.20. The van der Waals surface area contributed by atoms with E-state index in [2.05, 4.69) is 30.1 Å². The zero-order valence-corrected chi connectivity index (χ0v) is 12.2. The molecule has 3 nitrogen and oxygen atoms in total. The molecule has 0 fully saturated rings. The minimum Gasteiger partial charge on any atom is -0.497 e. The van der Waals surface area contributed by atoms with Crippen molar-refractivity contribution in [1.29, 1.82) is 0 Å². The van der Waals surface area contributed by atoms with Crippen LogP contribution in [-0.4, -0.2) is 38.2 Å². The minimum atomic E-state index is 0.664. The van der Waals surface area contributed by atoms with E-state index in [0.717, 1.165) is 31.7 Å². The fourth-order valence-corrected chi connectivity index (χ4v) is 2.91. The summed E-state index contributed by atoms with van der Waals surface area (Å²) in [5.41, 5.74) is 8.51. The molecule has 0 radical (unpaired) electrons. The molecule has 106 valence electrons. The van der Waals surface area contributed by atoms with Crippen LogP contribution in [0.5, 0.6) is 5.75 Å². The van der Waals surface area contributed by atoms with E-state index in [-0.39, 0.29) is 0 Å². The monoisotopic (exact) mass is 262 g/mol. The van der Waals surface area contributed by atoms with E-state index < -0.39 is 0 Å². The van der Waals surface area contributed by atoms with E-state index in [4.69, 9.17) is 10.5 Å². The van der Waals surface area contributed by atoms with E-state index in [0.29, 0.717) is 6.04 Å². The van der Waals surface area contributed by atoms with Gasteiger partial charge < -0.3 is 15.4 Å². The second-order valence-corrected chi connectivity index (χ2v) is 5.51. The predicted octanol–water partition coefficient (Wildman–Crippen LogP) is 2.22. The molecular weight excluding hydrogens is 236 g/mol. The van der Waals surface area contributed by atoms with Crippen LogP contribution in [0.2, 0.25) is 0 Å². The van der Waals surface area contributed by atoms with Gasteiger partial charge in [0.1, 0.15) is 5.75 Å². The van der Waals surface area contributed by atoms with E-state index in [1.54, 1.807) is 7.11 Å². The molecule has 1 aromatic carbocycles. The van der Waals surface area contributed by atoms with Crippen LogP contribution in [-0.2, 0) is 12.8 Å². The summed E-state index contributed by atoms with van der Waals surface area (Å²) >= 11 is 0. The first kappa shape index (κ1) is 14.4. The Labute approximate surface area is 116 Å². The number of unbranched alkanes of at least 4 members (excludes halogenated alkanes) is 1. The summed E-state index contributed by atoms with van der Waals surface area (Å²) in [6, 6.07) is 7.16. The van der Waals surface area contributed by atoms with Gasteiger partial charge in [0, 0.05) is 6.04 Å². The lowest BCUT2D eigenvalue weighted by Gasteiger charge is -2.32. The summed E-state index contributed by atoms with van der Waals surface area (Å²) in [6.07, 6.45) is 5.92. The number of nitrogens with zero attached hydrogens (tertiary/aromatic N) is 1. The molecule has 1 aliphatic carbocycles. The maximum atomic E-state index is 5.56. The lowest BCUT2D eigenvalue weighted by atomic mass is 9.87. The minimum absolute atomic E-state index is 0.664. The number of ether oxygens (including phenoxy) is 1. The molecule has 0 amide bonds. The van der Waals surface area contributed by atoms with Crippen molar-refractivity contribution in [2.45, 2.75) is 38.1 Å². The van der Waals surface area contributed by atoms with Gasteiger partial charge in [0.05, 0.1) is 7.11 Å². The molecule has 2 rings (SSSR count). The smallest absolute Gasteiger partial charge is 0.119 e. The highest BCUT2D eigenvalue weighted by Crippen LogP contribution is 2.27. The lowest BCUT2D eigenvalue weighted by Crippen LogP contribution is -2.37. The summed E-state index contributed by atoms with van der Waals surface area (Å²) < 4.78 is 5.33. The fourth-order valence-electron chi connectivity index (χ4n) is 2.91. The number of likely N-dealkylation sites (N-methyl/N-ethyl adjacent to an activating group) is 1. The van der Waals surface area contributed by atoms with Crippen LogP contribution in [0.4, 0.5) is 0 Å². The Hall–Kier alpha value is -1.06. The molecule has 0 saturated heterocycles. The van der Waals surface area contributed by atoms with Crippen molar-refractivity contribution in [3.05, 3.63) is 29.3 Å². The van der Waals surface area contributed by atoms with Crippen LogP contribution in [0.1, 0.15) is 30.4 Å². The summed E-state index contributed by atoms with van der Waals surface area (Å²) in [5, 5.41) is 0. The number of methoxy groups -OCH3 is 1. The van der Waals surface area contributed by atoms with Crippen LogP contribution >= 0.6 is 0 Å². The molecule has 1 aliphatic rings. The molecule has 3 heteroatoms.